The van der Waals surface area contributed by atoms with Crippen molar-refractivity contribution in [2.24, 2.45) is 0 Å². The van der Waals surface area contributed by atoms with Gasteiger partial charge >= 0.3 is 18.5 Å². The number of benzene rings is 5. The predicted octanol–water partition coefficient (Wildman–Crippen LogP) is 13.6. The van der Waals surface area contributed by atoms with Gasteiger partial charge in [-0.05, 0) is 74.5 Å². The number of halogens is 11. The average Bonchev–Trinajstić information content (AvgIpc) is 3.85. The number of imidazole rings is 2. The van der Waals surface area contributed by atoms with Gasteiger partial charge in [-0.1, -0.05) is 104 Å². The van der Waals surface area contributed by atoms with Gasteiger partial charge in [-0.3, -0.25) is 13.9 Å². The summed E-state index contributed by atoms with van der Waals surface area (Å²) in [5.41, 5.74) is -4.20. The van der Waals surface area contributed by atoms with Gasteiger partial charge in [0.1, 0.15) is 23.0 Å². The predicted molar refractivity (Wildman–Crippen MR) is 220 cm³/mol. The van der Waals surface area contributed by atoms with Gasteiger partial charge in [0, 0.05) is 50.8 Å². The number of rotatable bonds is 6. The molecule has 2 heterocycles. The Morgan fingerprint density at radius 3 is 1.34 bits per heavy atom. The molecule has 318 valence electrons. The fourth-order valence-corrected chi connectivity index (χ4v) is 6.20. The zero-order valence-corrected chi connectivity index (χ0v) is 35.3. The van der Waals surface area contributed by atoms with Gasteiger partial charge in [0.05, 0.1) is 11.1 Å². The molecule has 7 aromatic rings. The van der Waals surface area contributed by atoms with Crippen LogP contribution in [0.15, 0.2) is 149 Å². The van der Waals surface area contributed by atoms with Crippen LogP contribution in [0.25, 0.3) is 34.2 Å². The molecule has 0 saturated heterocycles. The van der Waals surface area contributed by atoms with E-state index >= 15 is 0 Å². The van der Waals surface area contributed by atoms with Crippen molar-refractivity contribution in [1.29, 1.82) is 0 Å². The first-order valence-electron chi connectivity index (χ1n) is 17.8. The number of Topliss-reactive ketones (excluding diaryl/α,β-unsaturated/α-hetero) is 1. The van der Waals surface area contributed by atoms with Crippen molar-refractivity contribution in [3.63, 3.8) is 0 Å². The number of carbonyl (C=O) groups is 1. The zero-order valence-electron chi connectivity index (χ0n) is 32.1. The Labute approximate surface area is 360 Å². The highest BCUT2D eigenvalue weighted by Crippen LogP contribution is 2.42. The van der Waals surface area contributed by atoms with E-state index in [1.54, 1.807) is 36.4 Å². The molecule has 17 heteroatoms. The smallest absolute Gasteiger partial charge is 0.375 e. The van der Waals surface area contributed by atoms with Gasteiger partial charge in [-0.15, -0.1) is 0 Å². The second-order valence-corrected chi connectivity index (χ2v) is 15.3. The Morgan fingerprint density at radius 1 is 0.574 bits per heavy atom. The van der Waals surface area contributed by atoms with Crippen LogP contribution in [0.1, 0.15) is 46.7 Å². The molecule has 0 amide bonds. The van der Waals surface area contributed by atoms with E-state index in [-0.39, 0.29) is 34.4 Å². The van der Waals surface area contributed by atoms with Crippen molar-refractivity contribution in [2.45, 2.75) is 44.9 Å². The van der Waals surface area contributed by atoms with Crippen LogP contribution in [0.2, 0.25) is 0 Å². The molecule has 1 atom stereocenters. The Balaban J connectivity index is 0.000000200. The van der Waals surface area contributed by atoms with Gasteiger partial charge in [0.2, 0.25) is 5.60 Å². The number of hydrogen-bond donors (Lipinski definition) is 1. The lowest BCUT2D eigenvalue weighted by Crippen LogP contribution is -2.39. The fourth-order valence-electron chi connectivity index (χ4n) is 5.67. The van der Waals surface area contributed by atoms with Gasteiger partial charge in [-0.2, -0.15) is 39.5 Å². The molecule has 0 fully saturated rings. The number of carbonyl (C=O) groups excluding carboxylic acids is 1. The van der Waals surface area contributed by atoms with Crippen molar-refractivity contribution in [3.8, 4) is 34.2 Å². The van der Waals surface area contributed by atoms with Crippen molar-refractivity contribution < 1.29 is 49.4 Å². The minimum atomic E-state index is -5.08. The summed E-state index contributed by atoms with van der Waals surface area (Å²) < 4.78 is 125. The number of aryl methyl sites for hydroxylation is 1. The third-order valence-electron chi connectivity index (χ3n) is 8.92. The van der Waals surface area contributed by atoms with E-state index in [4.69, 9.17) is 0 Å². The van der Waals surface area contributed by atoms with Crippen molar-refractivity contribution >= 4 is 37.6 Å². The third kappa shape index (κ3) is 11.3. The molecule has 1 N–H and O–H groups in total. The molecule has 1 unspecified atom stereocenters. The monoisotopic (exact) mass is 978 g/mol. The summed E-state index contributed by atoms with van der Waals surface area (Å²) in [7, 11) is 0. The van der Waals surface area contributed by atoms with E-state index in [1.165, 1.54) is 65.7 Å². The number of aliphatic hydroxyl groups is 1. The van der Waals surface area contributed by atoms with E-state index in [0.717, 1.165) is 33.4 Å². The van der Waals surface area contributed by atoms with Crippen molar-refractivity contribution in [3.05, 3.63) is 177 Å². The maximum Gasteiger partial charge on any atom is 0.422 e. The standard InChI is InChI=1S/C19H13BrF6N2O.C18H12BrF3N2O.C7H8/c1-17(29,19(24,25)26)15-10-28(12-8-6-11(20)7-9-12)16(27-15)13-4-2-3-5-14(13)18(21,22)23;1-11(25)16-10-24(13-8-6-12(19)7-9-13)17(23-16)14-4-2-3-5-15(14)18(20,21)22;1-7-5-3-2-4-6-7/h2-10,29H,1H3;2-10H,1H3;2-6H,1H3. The summed E-state index contributed by atoms with van der Waals surface area (Å²) in [5, 5.41) is 10.00. The highest BCUT2D eigenvalue weighted by molar-refractivity contribution is 9.10. The lowest BCUT2D eigenvalue weighted by atomic mass is 10.0. The molecule has 0 aliphatic carbocycles. The number of hydrogen-bond acceptors (Lipinski definition) is 4. The van der Waals surface area contributed by atoms with Crippen LogP contribution >= 0.6 is 31.9 Å². The van der Waals surface area contributed by atoms with E-state index in [1.807, 2.05) is 18.2 Å². The molecule has 0 aliphatic rings. The van der Waals surface area contributed by atoms with Crippen LogP contribution < -0.4 is 0 Å². The van der Waals surface area contributed by atoms with Crippen LogP contribution in [0.4, 0.5) is 39.5 Å². The molecular weight excluding hydrogens is 947 g/mol. The zero-order chi connectivity index (χ0) is 44.9. The summed E-state index contributed by atoms with van der Waals surface area (Å²) in [6, 6.07) is 33.0. The van der Waals surface area contributed by atoms with Crippen LogP contribution in [0.5, 0.6) is 0 Å². The minimum absolute atomic E-state index is 0.0699. The lowest BCUT2D eigenvalue weighted by molar-refractivity contribution is -0.260. The number of alkyl halides is 9. The summed E-state index contributed by atoms with van der Waals surface area (Å²) >= 11 is 6.54. The molecule has 5 aromatic carbocycles. The van der Waals surface area contributed by atoms with Crippen LogP contribution in [0, 0.1) is 6.92 Å². The van der Waals surface area contributed by atoms with Gasteiger partial charge in [-0.25, -0.2) is 9.97 Å². The topological polar surface area (TPSA) is 72.9 Å². The first kappa shape index (κ1) is 46.5. The normalized spacial score (nSPS) is 12.7. The van der Waals surface area contributed by atoms with E-state index in [2.05, 4.69) is 60.9 Å². The molecule has 0 saturated carbocycles. The highest BCUT2D eigenvalue weighted by Gasteiger charge is 2.53. The highest BCUT2D eigenvalue weighted by atomic mass is 79.9. The van der Waals surface area contributed by atoms with Crippen LogP contribution in [-0.2, 0) is 18.0 Å². The van der Waals surface area contributed by atoms with Gasteiger partial charge in [0.15, 0.2) is 5.78 Å². The first-order valence-corrected chi connectivity index (χ1v) is 19.4. The van der Waals surface area contributed by atoms with Crippen LogP contribution in [0.3, 0.4) is 0 Å². The molecule has 7 rings (SSSR count). The minimum Gasteiger partial charge on any atom is -0.375 e. The average molecular weight is 981 g/mol. The Kier molecular flexibility index (Phi) is 14.2. The summed E-state index contributed by atoms with van der Waals surface area (Å²) in [6.07, 6.45) is -12.0. The quantitative estimate of drug-likeness (QED) is 0.133. The summed E-state index contributed by atoms with van der Waals surface area (Å²) in [4.78, 5) is 19.6. The summed E-state index contributed by atoms with van der Waals surface area (Å²) in [5.74, 6) is -0.623. The molecule has 2 aromatic heterocycles. The first-order chi connectivity index (χ1) is 28.5. The SMILES string of the molecule is CC(=O)c1cn(-c2ccc(Br)cc2)c(-c2ccccc2C(F)(F)F)n1.CC(O)(c1cn(-c2ccc(Br)cc2)c(-c2ccccc2C(F)(F)F)n1)C(F)(F)F.Cc1ccccc1. The number of nitrogens with zero attached hydrogens (tertiary/aromatic N) is 4. The molecule has 0 aliphatic heterocycles. The van der Waals surface area contributed by atoms with Gasteiger partial charge < -0.3 is 5.11 Å². The maximum atomic E-state index is 13.5. The number of aromatic nitrogens is 4. The maximum absolute atomic E-state index is 13.5. The van der Waals surface area contributed by atoms with Gasteiger partial charge in [0.25, 0.3) is 0 Å². The van der Waals surface area contributed by atoms with E-state index in [0.29, 0.717) is 17.1 Å². The van der Waals surface area contributed by atoms with Crippen LogP contribution in [-0.4, -0.2) is 36.2 Å². The Bertz CT molecular complexity index is 2580. The second kappa shape index (κ2) is 18.6. The molecule has 0 bridgehead atoms. The van der Waals surface area contributed by atoms with Crippen molar-refractivity contribution in [2.75, 3.05) is 0 Å². The fraction of sp³-hybridized carbons (Fsp3) is 0.159. The summed E-state index contributed by atoms with van der Waals surface area (Å²) in [6.45, 7) is 3.91. The lowest BCUT2D eigenvalue weighted by Gasteiger charge is -2.23. The third-order valence-corrected chi connectivity index (χ3v) is 9.98. The van der Waals surface area contributed by atoms with Crippen molar-refractivity contribution in [1.82, 2.24) is 19.1 Å². The molecular formula is C44H33Br2F9N4O2. The molecule has 61 heavy (non-hydrogen) atoms. The largest absolute Gasteiger partial charge is 0.422 e. The Morgan fingerprint density at radius 2 is 0.967 bits per heavy atom. The van der Waals surface area contributed by atoms with E-state index in [9.17, 15) is 49.4 Å². The Hall–Kier alpha value is -5.52. The number of ketones is 1. The van der Waals surface area contributed by atoms with E-state index < -0.39 is 46.5 Å². The molecule has 0 spiro atoms. The molecule has 0 radical (unpaired) electrons. The second-order valence-electron chi connectivity index (χ2n) is 13.5. The molecule has 6 nitrogen and oxygen atoms in total.